The van der Waals surface area contributed by atoms with Gasteiger partial charge in [0.25, 0.3) is 0 Å². The van der Waals surface area contributed by atoms with Gasteiger partial charge in [-0.05, 0) is 24.3 Å². The minimum atomic E-state index is 0.361. The number of hydrogen-bond acceptors (Lipinski definition) is 4. The fraction of sp³-hybridized carbons (Fsp3) is 0.562. The molecule has 0 amide bonds. The molecule has 1 N–H and O–H groups in total. The van der Waals surface area contributed by atoms with E-state index in [2.05, 4.69) is 62.6 Å². The lowest BCUT2D eigenvalue weighted by molar-refractivity contribution is 0.578. The highest BCUT2D eigenvalue weighted by Gasteiger charge is 2.20. The van der Waals surface area contributed by atoms with E-state index in [4.69, 9.17) is 5.10 Å². The van der Waals surface area contributed by atoms with Crippen LogP contribution in [-0.4, -0.2) is 23.9 Å². The Hall–Kier alpha value is -1.33. The van der Waals surface area contributed by atoms with E-state index in [1.165, 1.54) is 22.0 Å². The van der Waals surface area contributed by atoms with E-state index in [1.807, 2.05) is 11.7 Å². The van der Waals surface area contributed by atoms with Gasteiger partial charge in [0.2, 0.25) is 0 Å². The van der Waals surface area contributed by atoms with Gasteiger partial charge in [-0.15, -0.1) is 11.3 Å². The van der Waals surface area contributed by atoms with E-state index in [0.717, 1.165) is 6.54 Å². The average molecular weight is 306 g/mol. The maximum absolute atomic E-state index is 4.71. The van der Waals surface area contributed by atoms with Crippen LogP contribution in [0.25, 0.3) is 0 Å². The molecular weight excluding hydrogens is 280 g/mol. The molecule has 4 nitrogen and oxygen atoms in total. The minimum absolute atomic E-state index is 0.361. The number of thiophene rings is 1. The van der Waals surface area contributed by atoms with Gasteiger partial charge < -0.3 is 10.2 Å². The lowest BCUT2D eigenvalue weighted by atomic mass is 10.0. The first-order valence-corrected chi connectivity index (χ1v) is 8.29. The average Bonchev–Trinajstić information content (AvgIpc) is 3.02. The first-order valence-electron chi connectivity index (χ1n) is 7.41. The molecule has 0 fully saturated rings. The number of aryl methyl sites for hydroxylation is 1. The van der Waals surface area contributed by atoms with Crippen molar-refractivity contribution >= 4 is 17.2 Å². The minimum Gasteiger partial charge on any atom is -0.363 e. The molecule has 0 aromatic carbocycles. The van der Waals surface area contributed by atoms with Gasteiger partial charge in [0, 0.05) is 44.2 Å². The third-order valence-corrected chi connectivity index (χ3v) is 4.72. The van der Waals surface area contributed by atoms with Gasteiger partial charge in [0.15, 0.2) is 0 Å². The van der Waals surface area contributed by atoms with Gasteiger partial charge in [-0.1, -0.05) is 19.9 Å². The van der Waals surface area contributed by atoms with Crippen molar-refractivity contribution in [1.82, 2.24) is 15.1 Å². The van der Waals surface area contributed by atoms with Crippen LogP contribution in [0.3, 0.4) is 0 Å². The molecular formula is C16H26N4S. The van der Waals surface area contributed by atoms with E-state index in [9.17, 15) is 0 Å². The molecule has 1 unspecified atom stereocenters. The summed E-state index contributed by atoms with van der Waals surface area (Å²) in [5, 5.41) is 10.5. The van der Waals surface area contributed by atoms with Gasteiger partial charge in [-0.25, -0.2) is 0 Å². The maximum Gasteiger partial charge on any atom is 0.130 e. The normalized spacial score (nSPS) is 12.9. The summed E-state index contributed by atoms with van der Waals surface area (Å²) in [6, 6.07) is 4.65. The Balaban J connectivity index is 2.21. The van der Waals surface area contributed by atoms with Crippen molar-refractivity contribution in [2.24, 2.45) is 7.05 Å². The molecule has 1 atom stereocenters. The third-order valence-electron chi connectivity index (χ3n) is 3.67. The maximum atomic E-state index is 4.71. The van der Waals surface area contributed by atoms with E-state index in [1.54, 1.807) is 11.3 Å². The second-order valence-electron chi connectivity index (χ2n) is 5.98. The Morgan fingerprint density at radius 1 is 1.33 bits per heavy atom. The second-order valence-corrected chi connectivity index (χ2v) is 6.96. The molecule has 0 radical (unpaired) electrons. The van der Waals surface area contributed by atoms with Crippen LogP contribution in [0.1, 0.15) is 48.9 Å². The van der Waals surface area contributed by atoms with Crippen LogP contribution in [0, 0.1) is 0 Å². The van der Waals surface area contributed by atoms with E-state index < -0.39 is 0 Å². The summed E-state index contributed by atoms with van der Waals surface area (Å²) in [4.78, 5) is 3.52. The Kier molecular flexibility index (Phi) is 5.06. The highest BCUT2D eigenvalue weighted by atomic mass is 32.1. The molecule has 0 aliphatic rings. The van der Waals surface area contributed by atoms with E-state index >= 15 is 0 Å². The Bertz CT molecular complexity index is 569. The molecule has 2 aromatic rings. The molecule has 2 aromatic heterocycles. The predicted molar refractivity (Wildman–Crippen MR) is 91.2 cm³/mol. The molecule has 2 heterocycles. The number of nitrogens with one attached hydrogen (secondary N) is 1. The first-order chi connectivity index (χ1) is 9.91. The Morgan fingerprint density at radius 2 is 2.05 bits per heavy atom. The number of hydrogen-bond donors (Lipinski definition) is 1. The molecule has 0 saturated carbocycles. The quantitative estimate of drug-likeness (QED) is 0.886. The van der Waals surface area contributed by atoms with Crippen molar-refractivity contribution < 1.29 is 0 Å². The van der Waals surface area contributed by atoms with Crippen LogP contribution in [-0.2, 0) is 13.6 Å². The zero-order valence-corrected chi connectivity index (χ0v) is 14.7. The summed E-state index contributed by atoms with van der Waals surface area (Å²) in [6.07, 6.45) is 0. The van der Waals surface area contributed by atoms with Gasteiger partial charge in [0.1, 0.15) is 5.82 Å². The predicted octanol–water partition coefficient (Wildman–Crippen LogP) is 3.52. The van der Waals surface area contributed by atoms with Crippen LogP contribution >= 0.6 is 11.3 Å². The van der Waals surface area contributed by atoms with Crippen LogP contribution in [0.2, 0.25) is 0 Å². The van der Waals surface area contributed by atoms with Crippen molar-refractivity contribution in [3.63, 3.8) is 0 Å². The summed E-state index contributed by atoms with van der Waals surface area (Å²) in [5.41, 5.74) is 2.49. The zero-order chi connectivity index (χ0) is 15.6. The van der Waals surface area contributed by atoms with Crippen LogP contribution in [0.15, 0.2) is 17.5 Å². The fourth-order valence-electron chi connectivity index (χ4n) is 2.67. The molecule has 0 spiro atoms. The third kappa shape index (κ3) is 3.47. The molecule has 0 aliphatic heterocycles. The highest BCUT2D eigenvalue weighted by Crippen LogP contribution is 2.28. The van der Waals surface area contributed by atoms with E-state index in [0.29, 0.717) is 12.0 Å². The summed E-state index contributed by atoms with van der Waals surface area (Å²) < 4.78 is 1.99. The number of nitrogens with zero attached hydrogens (tertiary/aromatic N) is 3. The molecule has 21 heavy (non-hydrogen) atoms. The van der Waals surface area contributed by atoms with Crippen LogP contribution < -0.4 is 10.2 Å². The van der Waals surface area contributed by atoms with Gasteiger partial charge in [-0.2, -0.15) is 5.10 Å². The van der Waals surface area contributed by atoms with Gasteiger partial charge >= 0.3 is 0 Å². The molecule has 5 heteroatoms. The lowest BCUT2D eigenvalue weighted by Gasteiger charge is -2.18. The number of rotatable bonds is 6. The van der Waals surface area contributed by atoms with Crippen LogP contribution in [0.4, 0.5) is 5.82 Å². The van der Waals surface area contributed by atoms with Gasteiger partial charge in [0.05, 0.1) is 5.69 Å². The molecule has 116 valence electrons. The summed E-state index contributed by atoms with van der Waals surface area (Å²) in [7, 11) is 6.17. The first kappa shape index (κ1) is 16.0. The van der Waals surface area contributed by atoms with Crippen LogP contribution in [0.5, 0.6) is 0 Å². The Morgan fingerprint density at radius 3 is 2.57 bits per heavy atom. The van der Waals surface area contributed by atoms with Gasteiger partial charge in [-0.3, -0.25) is 4.68 Å². The molecule has 0 aliphatic carbocycles. The number of aromatic nitrogens is 2. The van der Waals surface area contributed by atoms with Crippen molar-refractivity contribution in [1.29, 1.82) is 0 Å². The second kappa shape index (κ2) is 6.62. The molecule has 0 bridgehead atoms. The zero-order valence-electron chi connectivity index (χ0n) is 13.8. The largest absolute Gasteiger partial charge is 0.363 e. The standard InChI is InChI=1S/C16H26N4S/c1-11(2)15-13(16(19(4)5)20(6)18-15)10-17-12(3)14-8-7-9-21-14/h7-9,11-12,17H,10H2,1-6H3. The summed E-state index contributed by atoms with van der Waals surface area (Å²) in [6.45, 7) is 7.46. The highest BCUT2D eigenvalue weighted by molar-refractivity contribution is 7.10. The molecule has 2 rings (SSSR count). The van der Waals surface area contributed by atoms with Crippen molar-refractivity contribution in [2.75, 3.05) is 19.0 Å². The monoisotopic (exact) mass is 306 g/mol. The van der Waals surface area contributed by atoms with E-state index in [-0.39, 0.29) is 0 Å². The van der Waals surface area contributed by atoms with Crippen molar-refractivity contribution in [2.45, 2.75) is 39.3 Å². The fourth-order valence-corrected chi connectivity index (χ4v) is 3.42. The number of anilines is 1. The summed E-state index contributed by atoms with van der Waals surface area (Å²) in [5.74, 6) is 1.61. The smallest absolute Gasteiger partial charge is 0.130 e. The lowest BCUT2D eigenvalue weighted by Crippen LogP contribution is -2.21. The summed E-state index contributed by atoms with van der Waals surface area (Å²) >= 11 is 1.80. The molecule has 0 saturated heterocycles. The topological polar surface area (TPSA) is 33.1 Å². The van der Waals surface area contributed by atoms with Crippen molar-refractivity contribution in [3.05, 3.63) is 33.6 Å². The van der Waals surface area contributed by atoms with Crippen molar-refractivity contribution in [3.8, 4) is 0 Å². The Labute approximate surface area is 131 Å². The SMILES string of the molecule is CC(C)c1nn(C)c(N(C)C)c1CNC(C)c1cccs1.